The van der Waals surface area contributed by atoms with E-state index in [2.05, 4.69) is 47.8 Å². The van der Waals surface area contributed by atoms with E-state index in [4.69, 9.17) is 9.47 Å². The highest BCUT2D eigenvalue weighted by atomic mass is 79.9. The van der Waals surface area contributed by atoms with Crippen LogP contribution < -0.4 is 9.47 Å². The van der Waals surface area contributed by atoms with Crippen molar-refractivity contribution in [2.45, 2.75) is 5.33 Å². The average Bonchev–Trinajstić information content (AvgIpc) is 2.46. The fourth-order valence-electron chi connectivity index (χ4n) is 1.59. The molecular weight excluding hydrogens is 452 g/mol. The molecule has 0 spiro atoms. The summed E-state index contributed by atoms with van der Waals surface area (Å²) in [6, 6.07) is 13.8. The molecule has 0 atom stereocenters. The van der Waals surface area contributed by atoms with E-state index in [1.54, 1.807) is 0 Å². The number of hydrogen-bond acceptors (Lipinski definition) is 2. The van der Waals surface area contributed by atoms with Crippen LogP contribution in [0.4, 0.5) is 0 Å². The van der Waals surface area contributed by atoms with Gasteiger partial charge in [0.25, 0.3) is 0 Å². The van der Waals surface area contributed by atoms with Crippen LogP contribution in [0.5, 0.6) is 11.5 Å². The van der Waals surface area contributed by atoms with Crippen molar-refractivity contribution in [1.82, 2.24) is 0 Å². The van der Waals surface area contributed by atoms with E-state index in [-0.39, 0.29) is 0 Å². The van der Waals surface area contributed by atoms with Gasteiger partial charge in [-0.2, -0.15) is 0 Å². The minimum absolute atomic E-state index is 0.502. The molecule has 0 fully saturated rings. The van der Waals surface area contributed by atoms with Crippen LogP contribution in [0.15, 0.2) is 51.4 Å². The molecule has 0 saturated heterocycles. The van der Waals surface area contributed by atoms with Gasteiger partial charge in [-0.1, -0.05) is 37.9 Å². The third-order valence-corrected chi connectivity index (χ3v) is 4.37. The fraction of sp³-hybridized carbons (Fsp3) is 0.200. The lowest BCUT2D eigenvalue weighted by atomic mass is 10.2. The van der Waals surface area contributed by atoms with Crippen molar-refractivity contribution in [2.75, 3.05) is 13.2 Å². The van der Waals surface area contributed by atoms with E-state index in [9.17, 15) is 0 Å². The predicted octanol–water partition coefficient (Wildman–Crippen LogP) is 5.56. The van der Waals surface area contributed by atoms with Crippen molar-refractivity contribution in [3.05, 3.63) is 57.0 Å². The standard InChI is InChI=1S/C15H13Br3O2/c16-10-11-1-6-15(14(18)9-11)20-8-7-19-13-4-2-12(17)3-5-13/h1-6,9H,7-8,10H2. The lowest BCUT2D eigenvalue weighted by Gasteiger charge is -2.10. The highest BCUT2D eigenvalue weighted by Gasteiger charge is 2.02. The minimum Gasteiger partial charge on any atom is -0.490 e. The molecule has 5 heteroatoms. The van der Waals surface area contributed by atoms with Gasteiger partial charge in [0.15, 0.2) is 0 Å². The van der Waals surface area contributed by atoms with Crippen LogP contribution in [0, 0.1) is 0 Å². The smallest absolute Gasteiger partial charge is 0.133 e. The van der Waals surface area contributed by atoms with Gasteiger partial charge in [-0.25, -0.2) is 0 Å². The Morgan fingerprint density at radius 2 is 1.55 bits per heavy atom. The number of hydrogen-bond donors (Lipinski definition) is 0. The molecule has 0 unspecified atom stereocenters. The number of rotatable bonds is 6. The van der Waals surface area contributed by atoms with Crippen molar-refractivity contribution in [3.8, 4) is 11.5 Å². The summed E-state index contributed by atoms with van der Waals surface area (Å²) in [5.74, 6) is 1.67. The zero-order valence-corrected chi connectivity index (χ0v) is 15.4. The van der Waals surface area contributed by atoms with Crippen molar-refractivity contribution in [1.29, 1.82) is 0 Å². The first-order valence-corrected chi connectivity index (χ1v) is 8.75. The van der Waals surface area contributed by atoms with Gasteiger partial charge in [-0.3, -0.25) is 0 Å². The van der Waals surface area contributed by atoms with Crippen LogP contribution in [0.3, 0.4) is 0 Å². The monoisotopic (exact) mass is 462 g/mol. The second-order valence-electron chi connectivity index (χ2n) is 4.05. The molecule has 0 saturated carbocycles. The lowest BCUT2D eigenvalue weighted by molar-refractivity contribution is 0.216. The highest BCUT2D eigenvalue weighted by molar-refractivity contribution is 9.11. The second kappa shape index (κ2) is 8.05. The number of ether oxygens (including phenoxy) is 2. The molecule has 2 nitrogen and oxygen atoms in total. The van der Waals surface area contributed by atoms with E-state index < -0.39 is 0 Å². The molecule has 0 heterocycles. The van der Waals surface area contributed by atoms with E-state index >= 15 is 0 Å². The Balaban J connectivity index is 1.79. The Labute approximate surface area is 143 Å². The molecule has 0 aliphatic heterocycles. The lowest BCUT2D eigenvalue weighted by Crippen LogP contribution is -2.09. The molecule has 0 N–H and O–H groups in total. The maximum absolute atomic E-state index is 5.69. The van der Waals surface area contributed by atoms with E-state index in [0.29, 0.717) is 13.2 Å². The van der Waals surface area contributed by atoms with Gasteiger partial charge in [0.05, 0.1) is 4.47 Å². The molecule has 20 heavy (non-hydrogen) atoms. The quantitative estimate of drug-likeness (QED) is 0.411. The largest absolute Gasteiger partial charge is 0.490 e. The van der Waals surface area contributed by atoms with E-state index in [1.165, 1.54) is 5.56 Å². The summed E-state index contributed by atoms with van der Waals surface area (Å²) in [4.78, 5) is 0. The molecule has 0 aliphatic carbocycles. The molecule has 0 aromatic heterocycles. The van der Waals surface area contributed by atoms with Gasteiger partial charge in [0.1, 0.15) is 24.7 Å². The molecule has 2 rings (SSSR count). The van der Waals surface area contributed by atoms with Crippen LogP contribution in [-0.4, -0.2) is 13.2 Å². The third-order valence-electron chi connectivity index (χ3n) is 2.57. The Morgan fingerprint density at radius 3 is 2.20 bits per heavy atom. The summed E-state index contributed by atoms with van der Waals surface area (Å²) in [6.45, 7) is 1.01. The van der Waals surface area contributed by atoms with Gasteiger partial charge in [0.2, 0.25) is 0 Å². The SMILES string of the molecule is BrCc1ccc(OCCOc2ccc(Br)cc2)c(Br)c1. The van der Waals surface area contributed by atoms with E-state index in [1.807, 2.05) is 42.5 Å². The van der Waals surface area contributed by atoms with Crippen LogP contribution in [0.25, 0.3) is 0 Å². The number of benzene rings is 2. The normalized spacial score (nSPS) is 10.3. The van der Waals surface area contributed by atoms with Gasteiger partial charge >= 0.3 is 0 Å². The van der Waals surface area contributed by atoms with Gasteiger partial charge in [-0.15, -0.1) is 0 Å². The third kappa shape index (κ3) is 4.79. The molecule has 106 valence electrons. The average molecular weight is 465 g/mol. The van der Waals surface area contributed by atoms with Gasteiger partial charge in [0, 0.05) is 9.80 Å². The Bertz CT molecular complexity index is 556. The van der Waals surface area contributed by atoms with Crippen LogP contribution >= 0.6 is 47.8 Å². The molecule has 0 radical (unpaired) electrons. The summed E-state index contributed by atoms with van der Waals surface area (Å²) in [6.07, 6.45) is 0. The van der Waals surface area contributed by atoms with Gasteiger partial charge < -0.3 is 9.47 Å². The Kier molecular flexibility index (Phi) is 6.39. The predicted molar refractivity (Wildman–Crippen MR) is 91.9 cm³/mol. The fourth-order valence-corrected chi connectivity index (χ4v) is 2.74. The van der Waals surface area contributed by atoms with E-state index in [0.717, 1.165) is 25.8 Å². The van der Waals surface area contributed by atoms with Crippen molar-refractivity contribution in [2.24, 2.45) is 0 Å². The number of alkyl halides is 1. The molecule has 0 aliphatic rings. The molecular formula is C15H13Br3O2. The Hall–Kier alpha value is -0.520. The van der Waals surface area contributed by atoms with Crippen LogP contribution in [-0.2, 0) is 5.33 Å². The number of halogens is 3. The summed E-state index contributed by atoms with van der Waals surface area (Å²) in [5, 5.41) is 0.832. The maximum Gasteiger partial charge on any atom is 0.133 e. The first-order chi connectivity index (χ1) is 9.69. The minimum atomic E-state index is 0.502. The maximum atomic E-state index is 5.69. The molecule has 2 aromatic rings. The molecule has 0 amide bonds. The van der Waals surface area contributed by atoms with Crippen molar-refractivity contribution < 1.29 is 9.47 Å². The summed E-state index contributed by atoms with van der Waals surface area (Å²) < 4.78 is 13.3. The summed E-state index contributed by atoms with van der Waals surface area (Å²) >= 11 is 10.3. The first-order valence-electron chi connectivity index (χ1n) is 6.04. The van der Waals surface area contributed by atoms with Crippen molar-refractivity contribution >= 4 is 47.8 Å². The topological polar surface area (TPSA) is 18.5 Å². The van der Waals surface area contributed by atoms with Gasteiger partial charge in [-0.05, 0) is 57.9 Å². The highest BCUT2D eigenvalue weighted by Crippen LogP contribution is 2.26. The zero-order chi connectivity index (χ0) is 14.4. The summed E-state index contributed by atoms with van der Waals surface area (Å²) in [5.41, 5.74) is 1.20. The van der Waals surface area contributed by atoms with Crippen molar-refractivity contribution in [3.63, 3.8) is 0 Å². The zero-order valence-electron chi connectivity index (χ0n) is 10.6. The molecule has 0 bridgehead atoms. The first kappa shape index (κ1) is 15.9. The second-order valence-corrected chi connectivity index (χ2v) is 6.38. The van der Waals surface area contributed by atoms with Crippen LogP contribution in [0.2, 0.25) is 0 Å². The summed E-state index contributed by atoms with van der Waals surface area (Å²) in [7, 11) is 0. The Morgan fingerprint density at radius 1 is 0.850 bits per heavy atom. The van der Waals surface area contributed by atoms with Crippen LogP contribution in [0.1, 0.15) is 5.56 Å². The molecule has 2 aromatic carbocycles.